The van der Waals surface area contributed by atoms with Gasteiger partial charge in [-0.2, -0.15) is 0 Å². The Labute approximate surface area is 187 Å². The van der Waals surface area contributed by atoms with Crippen LogP contribution in [0.25, 0.3) is 10.9 Å². The third-order valence-corrected chi connectivity index (χ3v) is 6.44. The summed E-state index contributed by atoms with van der Waals surface area (Å²) in [6.45, 7) is 0.591. The average Bonchev–Trinajstić information content (AvgIpc) is 3.56. The Kier molecular flexibility index (Phi) is 6.60. The minimum absolute atomic E-state index is 0.162. The van der Waals surface area contributed by atoms with Crippen LogP contribution in [-0.4, -0.2) is 35.2 Å². The fourth-order valence-electron chi connectivity index (χ4n) is 3.16. The van der Waals surface area contributed by atoms with Crippen molar-refractivity contribution in [1.82, 2.24) is 14.9 Å². The van der Waals surface area contributed by atoms with E-state index in [0.29, 0.717) is 33.3 Å². The van der Waals surface area contributed by atoms with E-state index in [9.17, 15) is 14.0 Å². The maximum absolute atomic E-state index is 13.5. The molecule has 1 aromatic heterocycles. The topological polar surface area (TPSA) is 73.2 Å². The zero-order chi connectivity index (χ0) is 22.0. The van der Waals surface area contributed by atoms with Gasteiger partial charge in [0, 0.05) is 18.2 Å². The molecule has 0 bridgehead atoms. The zero-order valence-corrected chi connectivity index (χ0v) is 18.4. The van der Waals surface area contributed by atoms with Gasteiger partial charge in [-0.3, -0.25) is 14.2 Å². The van der Waals surface area contributed by atoms with Crippen LogP contribution in [0.1, 0.15) is 23.7 Å². The smallest absolute Gasteiger partial charge is 0.262 e. The predicted octanol–water partition coefficient (Wildman–Crippen LogP) is 3.95. The summed E-state index contributed by atoms with van der Waals surface area (Å²) in [5, 5.41) is 3.57. The summed E-state index contributed by atoms with van der Waals surface area (Å²) in [6.07, 6.45) is 1.88. The summed E-state index contributed by atoms with van der Waals surface area (Å²) < 4.78 is 20.1. The molecule has 1 saturated carbocycles. The number of amides is 1. The maximum atomic E-state index is 13.5. The van der Waals surface area contributed by atoms with Crippen molar-refractivity contribution in [2.45, 2.75) is 35.8 Å². The first kappa shape index (κ1) is 21.8. The monoisotopic (exact) mass is 461 g/mol. The van der Waals surface area contributed by atoms with Gasteiger partial charge in [0.1, 0.15) is 11.1 Å². The minimum Gasteiger partial charge on any atom is -0.383 e. The normalized spacial score (nSPS) is 14.5. The number of carbonyl (C=O) groups excluding carboxylic acids is 1. The number of thioether (sulfide) groups is 1. The Bertz CT molecular complexity index is 1170. The number of carbonyl (C=O) groups is 1. The molecule has 162 valence electrons. The molecule has 6 nitrogen and oxygen atoms in total. The van der Waals surface area contributed by atoms with Crippen molar-refractivity contribution in [3.63, 3.8) is 0 Å². The molecule has 31 heavy (non-hydrogen) atoms. The molecular weight excluding hydrogens is 441 g/mol. The number of halogens is 2. The second kappa shape index (κ2) is 9.38. The lowest BCUT2D eigenvalue weighted by molar-refractivity contribution is -0.120. The molecule has 1 aliphatic carbocycles. The number of ether oxygens (including phenoxy) is 1. The highest BCUT2D eigenvalue weighted by molar-refractivity contribution is 8.00. The van der Waals surface area contributed by atoms with E-state index >= 15 is 0 Å². The molecule has 2 aromatic carbocycles. The summed E-state index contributed by atoms with van der Waals surface area (Å²) in [5.41, 5.74) is 0.846. The molecule has 1 unspecified atom stereocenters. The van der Waals surface area contributed by atoms with E-state index in [-0.39, 0.29) is 29.9 Å². The second-order valence-corrected chi connectivity index (χ2v) is 8.85. The highest BCUT2D eigenvalue weighted by atomic mass is 35.5. The minimum atomic E-state index is -0.696. The SMILES string of the molecule is COCCn1c(SC(C(=O)NC2CC2)c2ccc(F)cc2)nc2cc(Cl)ccc2c1=O. The van der Waals surface area contributed by atoms with Crippen molar-refractivity contribution in [2.75, 3.05) is 13.7 Å². The molecule has 1 aliphatic rings. The Morgan fingerprint density at radius 2 is 2.06 bits per heavy atom. The fourth-order valence-corrected chi connectivity index (χ4v) is 4.46. The van der Waals surface area contributed by atoms with E-state index < -0.39 is 5.25 Å². The van der Waals surface area contributed by atoms with Gasteiger partial charge in [0.15, 0.2) is 5.16 Å². The third kappa shape index (κ3) is 5.08. The van der Waals surface area contributed by atoms with Gasteiger partial charge in [-0.05, 0) is 48.7 Å². The van der Waals surface area contributed by atoms with Crippen LogP contribution in [0.5, 0.6) is 0 Å². The van der Waals surface area contributed by atoms with Crippen LogP contribution in [0.15, 0.2) is 52.4 Å². The van der Waals surface area contributed by atoms with Crippen molar-refractivity contribution in [3.05, 3.63) is 69.2 Å². The number of nitrogens with one attached hydrogen (secondary N) is 1. The molecule has 1 heterocycles. The van der Waals surface area contributed by atoms with Crippen molar-refractivity contribution in [1.29, 1.82) is 0 Å². The number of hydrogen-bond acceptors (Lipinski definition) is 5. The van der Waals surface area contributed by atoms with Gasteiger partial charge in [-0.25, -0.2) is 9.37 Å². The molecule has 0 radical (unpaired) electrons. The molecule has 0 aliphatic heterocycles. The summed E-state index contributed by atoms with van der Waals surface area (Å²) in [5.74, 6) is -0.580. The first-order valence-electron chi connectivity index (χ1n) is 9.88. The van der Waals surface area contributed by atoms with E-state index in [2.05, 4.69) is 10.3 Å². The summed E-state index contributed by atoms with van der Waals surface area (Å²) in [6, 6.07) is 10.9. The first-order chi connectivity index (χ1) is 15.0. The van der Waals surface area contributed by atoms with Crippen LogP contribution in [0.3, 0.4) is 0 Å². The number of methoxy groups -OCH3 is 1. The van der Waals surface area contributed by atoms with Crippen LogP contribution in [0, 0.1) is 5.82 Å². The Balaban J connectivity index is 1.78. The van der Waals surface area contributed by atoms with Crippen LogP contribution in [-0.2, 0) is 16.1 Å². The molecule has 1 atom stereocenters. The molecule has 1 amide bonds. The average molecular weight is 462 g/mol. The summed E-state index contributed by atoms with van der Waals surface area (Å²) in [4.78, 5) is 30.8. The Hall–Kier alpha value is -2.42. The standard InChI is InChI=1S/C22H21ClFN3O3S/c1-30-11-10-27-21(29)17-9-4-14(23)12-18(17)26-22(27)31-19(20(28)25-16-7-8-16)13-2-5-15(24)6-3-13/h2-6,9,12,16,19H,7-8,10-11H2,1H3,(H,25,28). The van der Waals surface area contributed by atoms with Gasteiger partial charge in [0.25, 0.3) is 5.56 Å². The number of nitrogens with zero attached hydrogens (tertiary/aromatic N) is 2. The van der Waals surface area contributed by atoms with Crippen LogP contribution < -0.4 is 10.9 Å². The largest absolute Gasteiger partial charge is 0.383 e. The van der Waals surface area contributed by atoms with E-state index in [4.69, 9.17) is 16.3 Å². The number of aromatic nitrogens is 2. The quantitative estimate of drug-likeness (QED) is 0.406. The van der Waals surface area contributed by atoms with Crippen LogP contribution in [0.4, 0.5) is 4.39 Å². The van der Waals surface area contributed by atoms with E-state index in [0.717, 1.165) is 24.6 Å². The zero-order valence-electron chi connectivity index (χ0n) is 16.8. The van der Waals surface area contributed by atoms with Crippen molar-refractivity contribution < 1.29 is 13.9 Å². The number of hydrogen-bond donors (Lipinski definition) is 1. The Morgan fingerprint density at radius 1 is 1.32 bits per heavy atom. The second-order valence-electron chi connectivity index (χ2n) is 7.34. The van der Waals surface area contributed by atoms with E-state index in [1.807, 2.05) is 0 Å². The van der Waals surface area contributed by atoms with Crippen molar-refractivity contribution in [3.8, 4) is 0 Å². The fraction of sp³-hybridized carbons (Fsp3) is 0.318. The Morgan fingerprint density at radius 3 is 2.74 bits per heavy atom. The lowest BCUT2D eigenvalue weighted by Gasteiger charge is -2.19. The lowest BCUT2D eigenvalue weighted by atomic mass is 10.1. The van der Waals surface area contributed by atoms with Crippen LogP contribution >= 0.6 is 23.4 Å². The maximum Gasteiger partial charge on any atom is 0.262 e. The van der Waals surface area contributed by atoms with Gasteiger partial charge >= 0.3 is 0 Å². The van der Waals surface area contributed by atoms with Gasteiger partial charge < -0.3 is 10.1 Å². The van der Waals surface area contributed by atoms with Crippen LogP contribution in [0.2, 0.25) is 5.02 Å². The number of benzene rings is 2. The van der Waals surface area contributed by atoms with Crippen molar-refractivity contribution in [2.24, 2.45) is 0 Å². The lowest BCUT2D eigenvalue weighted by Crippen LogP contribution is -2.31. The highest BCUT2D eigenvalue weighted by Gasteiger charge is 2.30. The van der Waals surface area contributed by atoms with E-state index in [1.165, 1.54) is 16.7 Å². The van der Waals surface area contributed by atoms with Gasteiger partial charge in [-0.1, -0.05) is 35.5 Å². The van der Waals surface area contributed by atoms with Gasteiger partial charge in [-0.15, -0.1) is 0 Å². The van der Waals surface area contributed by atoms with E-state index in [1.54, 1.807) is 37.4 Å². The molecular formula is C22H21ClFN3O3S. The molecule has 3 aromatic rings. The van der Waals surface area contributed by atoms with Gasteiger partial charge in [0.2, 0.25) is 5.91 Å². The molecule has 0 spiro atoms. The third-order valence-electron chi connectivity index (χ3n) is 4.96. The summed E-state index contributed by atoms with van der Waals surface area (Å²) in [7, 11) is 1.55. The molecule has 9 heteroatoms. The first-order valence-corrected chi connectivity index (χ1v) is 11.1. The number of fused-ring (bicyclic) bond motifs is 1. The van der Waals surface area contributed by atoms with Gasteiger partial charge in [0.05, 0.1) is 24.1 Å². The summed E-state index contributed by atoms with van der Waals surface area (Å²) >= 11 is 7.26. The van der Waals surface area contributed by atoms with Crippen molar-refractivity contribution >= 4 is 40.2 Å². The molecule has 0 saturated heterocycles. The molecule has 1 N–H and O–H groups in total. The predicted molar refractivity (Wildman–Crippen MR) is 119 cm³/mol. The number of rotatable bonds is 8. The molecule has 4 rings (SSSR count). The molecule has 1 fully saturated rings. The highest BCUT2D eigenvalue weighted by Crippen LogP contribution is 2.36.